The molecule has 0 atom stereocenters. The zero-order valence-electron chi connectivity index (χ0n) is 17.0. The van der Waals surface area contributed by atoms with Gasteiger partial charge in [0.05, 0.1) is 5.56 Å². The summed E-state index contributed by atoms with van der Waals surface area (Å²) in [4.78, 5) is 35.6. The second-order valence-electron chi connectivity index (χ2n) is 7.26. The maximum atomic E-state index is 12.7. The van der Waals surface area contributed by atoms with Crippen molar-refractivity contribution in [1.29, 1.82) is 0 Å². The molecule has 10 heteroatoms. The van der Waals surface area contributed by atoms with Gasteiger partial charge in [-0.05, 0) is 55.3 Å². The number of hydrogen-bond acceptors (Lipinski definition) is 4. The highest BCUT2D eigenvalue weighted by Gasteiger charge is 2.30. The number of amides is 3. The summed E-state index contributed by atoms with van der Waals surface area (Å²) in [5, 5.41) is 7.97. The Morgan fingerprint density at radius 2 is 1.66 bits per heavy atom. The van der Waals surface area contributed by atoms with E-state index in [2.05, 4.69) is 16.0 Å². The van der Waals surface area contributed by atoms with Crippen molar-refractivity contribution in [1.82, 2.24) is 10.6 Å². The number of alkyl halides is 3. The molecule has 0 bridgehead atoms. The smallest absolute Gasteiger partial charge is 0.416 e. The van der Waals surface area contributed by atoms with E-state index >= 15 is 0 Å². The lowest BCUT2D eigenvalue weighted by Gasteiger charge is -2.11. The maximum absolute atomic E-state index is 12.7. The van der Waals surface area contributed by atoms with Crippen molar-refractivity contribution in [3.05, 3.63) is 59.7 Å². The Morgan fingerprint density at radius 3 is 2.31 bits per heavy atom. The van der Waals surface area contributed by atoms with Crippen molar-refractivity contribution in [2.45, 2.75) is 19.0 Å². The first kappa shape index (κ1) is 23.1. The van der Waals surface area contributed by atoms with Gasteiger partial charge < -0.3 is 20.7 Å². The van der Waals surface area contributed by atoms with E-state index in [0.717, 1.165) is 25.0 Å². The summed E-state index contributed by atoms with van der Waals surface area (Å²) in [5.41, 5.74) is -0.0952. The highest BCUT2D eigenvalue weighted by molar-refractivity contribution is 5.96. The minimum atomic E-state index is -4.50. The number of rotatable bonds is 9. The molecule has 0 aromatic heterocycles. The Balaban J connectivity index is 1.41. The Hall–Kier alpha value is -3.56. The maximum Gasteiger partial charge on any atom is 0.416 e. The van der Waals surface area contributed by atoms with Crippen molar-refractivity contribution in [3.8, 4) is 5.75 Å². The molecule has 0 radical (unpaired) electrons. The summed E-state index contributed by atoms with van der Waals surface area (Å²) in [7, 11) is 0. The summed E-state index contributed by atoms with van der Waals surface area (Å²) in [6, 6.07) is 10.3. The molecule has 0 heterocycles. The average molecular weight is 449 g/mol. The van der Waals surface area contributed by atoms with Crippen LogP contribution in [-0.2, 0) is 15.8 Å². The first-order valence-corrected chi connectivity index (χ1v) is 9.98. The van der Waals surface area contributed by atoms with Crippen LogP contribution in [0.3, 0.4) is 0 Å². The standard InChI is InChI=1S/C22H22F3N3O4/c23-22(24,25)16-2-1-3-18(12-16)32-13-19(29)28-17-8-6-15(7-9-17)21(31)27-11-10-26-20(30)14-4-5-14/h1-3,6-9,12,14H,4-5,10-11,13H2,(H,26,30)(H,27,31)(H,28,29). The second-order valence-corrected chi connectivity index (χ2v) is 7.26. The van der Waals surface area contributed by atoms with Gasteiger partial charge in [0.1, 0.15) is 5.75 Å². The topological polar surface area (TPSA) is 96.5 Å². The van der Waals surface area contributed by atoms with E-state index in [1.54, 1.807) is 0 Å². The van der Waals surface area contributed by atoms with Gasteiger partial charge in [0.15, 0.2) is 6.61 Å². The predicted molar refractivity (Wildman–Crippen MR) is 110 cm³/mol. The number of anilines is 1. The van der Waals surface area contributed by atoms with Crippen molar-refractivity contribution in [2.75, 3.05) is 25.0 Å². The molecule has 3 amide bonds. The predicted octanol–water partition coefficient (Wildman–Crippen LogP) is 2.98. The van der Waals surface area contributed by atoms with Gasteiger partial charge in [0.2, 0.25) is 5.91 Å². The SMILES string of the molecule is O=C(COc1cccc(C(F)(F)F)c1)Nc1ccc(C(=O)NCCNC(=O)C2CC2)cc1. The Kier molecular flexibility index (Phi) is 7.34. The minimum Gasteiger partial charge on any atom is -0.484 e. The zero-order chi connectivity index (χ0) is 23.1. The van der Waals surface area contributed by atoms with E-state index in [9.17, 15) is 27.6 Å². The average Bonchev–Trinajstić information content (AvgIpc) is 3.61. The second kappa shape index (κ2) is 10.2. The summed E-state index contributed by atoms with van der Waals surface area (Å²) in [6.45, 7) is 0.167. The Bertz CT molecular complexity index is 973. The molecule has 1 saturated carbocycles. The fourth-order valence-electron chi connectivity index (χ4n) is 2.77. The van der Waals surface area contributed by atoms with Gasteiger partial charge in [0.25, 0.3) is 11.8 Å². The molecule has 0 spiro atoms. The molecule has 3 N–H and O–H groups in total. The fraction of sp³-hybridized carbons (Fsp3) is 0.318. The van der Waals surface area contributed by atoms with E-state index in [-0.39, 0.29) is 23.5 Å². The lowest BCUT2D eigenvalue weighted by molar-refractivity contribution is -0.137. The molecule has 0 unspecified atom stereocenters. The lowest BCUT2D eigenvalue weighted by Crippen LogP contribution is -2.35. The largest absolute Gasteiger partial charge is 0.484 e. The third-order valence-corrected chi connectivity index (χ3v) is 4.62. The number of halogens is 3. The number of benzene rings is 2. The molecule has 1 aliphatic carbocycles. The molecule has 0 aliphatic heterocycles. The molecule has 7 nitrogen and oxygen atoms in total. The lowest BCUT2D eigenvalue weighted by atomic mass is 10.2. The normalized spacial score (nSPS) is 13.2. The number of ether oxygens (including phenoxy) is 1. The monoisotopic (exact) mass is 449 g/mol. The zero-order valence-corrected chi connectivity index (χ0v) is 17.0. The molecule has 3 rings (SSSR count). The molecule has 1 fully saturated rings. The molecule has 1 aliphatic rings. The minimum absolute atomic E-state index is 0.0105. The number of hydrogen-bond donors (Lipinski definition) is 3. The van der Waals surface area contributed by atoms with Crippen LogP contribution in [0.2, 0.25) is 0 Å². The highest BCUT2D eigenvalue weighted by Crippen LogP contribution is 2.31. The van der Waals surface area contributed by atoms with E-state index in [1.165, 1.54) is 36.4 Å². The molecule has 32 heavy (non-hydrogen) atoms. The van der Waals surface area contributed by atoms with Gasteiger partial charge >= 0.3 is 6.18 Å². The van der Waals surface area contributed by atoms with Crippen molar-refractivity contribution >= 4 is 23.4 Å². The quantitative estimate of drug-likeness (QED) is 0.513. The van der Waals surface area contributed by atoms with E-state index in [4.69, 9.17) is 4.74 Å². The van der Waals surface area contributed by atoms with Crippen LogP contribution >= 0.6 is 0 Å². The molecule has 0 saturated heterocycles. The van der Waals surface area contributed by atoms with Gasteiger partial charge in [-0.15, -0.1) is 0 Å². The number of carbonyl (C=O) groups excluding carboxylic acids is 3. The van der Waals surface area contributed by atoms with E-state index < -0.39 is 24.3 Å². The third kappa shape index (κ3) is 7.00. The van der Waals surface area contributed by atoms with Gasteiger partial charge in [0, 0.05) is 30.3 Å². The molecule has 170 valence electrons. The summed E-state index contributed by atoms with van der Waals surface area (Å²) in [6.07, 6.45) is -2.67. The van der Waals surface area contributed by atoms with Gasteiger partial charge in [-0.2, -0.15) is 13.2 Å². The van der Waals surface area contributed by atoms with Gasteiger partial charge in [-0.3, -0.25) is 14.4 Å². The number of carbonyl (C=O) groups is 3. The molecular formula is C22H22F3N3O4. The number of nitrogens with one attached hydrogen (secondary N) is 3. The summed E-state index contributed by atoms with van der Waals surface area (Å²) < 4.78 is 43.3. The Morgan fingerprint density at radius 1 is 0.969 bits per heavy atom. The van der Waals surface area contributed by atoms with Crippen LogP contribution in [0.15, 0.2) is 48.5 Å². The first-order chi connectivity index (χ1) is 15.2. The molecule has 2 aromatic carbocycles. The van der Waals surface area contributed by atoms with Crippen LogP contribution < -0.4 is 20.7 Å². The van der Waals surface area contributed by atoms with Gasteiger partial charge in [-0.1, -0.05) is 6.07 Å². The Labute approximate surface area is 182 Å². The van der Waals surface area contributed by atoms with Crippen molar-refractivity contribution < 1.29 is 32.3 Å². The van der Waals surface area contributed by atoms with E-state index in [0.29, 0.717) is 24.3 Å². The fourth-order valence-corrected chi connectivity index (χ4v) is 2.77. The van der Waals surface area contributed by atoms with Crippen molar-refractivity contribution in [2.24, 2.45) is 5.92 Å². The van der Waals surface area contributed by atoms with Crippen LogP contribution in [0.25, 0.3) is 0 Å². The third-order valence-electron chi connectivity index (χ3n) is 4.62. The summed E-state index contributed by atoms with van der Waals surface area (Å²) >= 11 is 0. The first-order valence-electron chi connectivity index (χ1n) is 9.98. The van der Waals surface area contributed by atoms with Crippen molar-refractivity contribution in [3.63, 3.8) is 0 Å². The van der Waals surface area contributed by atoms with Crippen LogP contribution in [0.5, 0.6) is 5.75 Å². The summed E-state index contributed by atoms with van der Waals surface area (Å²) in [5.74, 6) is -0.835. The van der Waals surface area contributed by atoms with Gasteiger partial charge in [-0.25, -0.2) is 0 Å². The molecule has 2 aromatic rings. The van der Waals surface area contributed by atoms with Crippen LogP contribution in [0, 0.1) is 5.92 Å². The highest BCUT2D eigenvalue weighted by atomic mass is 19.4. The van der Waals surface area contributed by atoms with E-state index in [1.807, 2.05) is 0 Å². The van der Waals surface area contributed by atoms with Crippen LogP contribution in [-0.4, -0.2) is 37.4 Å². The van der Waals surface area contributed by atoms with Crippen LogP contribution in [0.1, 0.15) is 28.8 Å². The van der Waals surface area contributed by atoms with Crippen LogP contribution in [0.4, 0.5) is 18.9 Å². The molecular weight excluding hydrogens is 427 g/mol.